The van der Waals surface area contributed by atoms with E-state index in [0.29, 0.717) is 17.7 Å². The summed E-state index contributed by atoms with van der Waals surface area (Å²) >= 11 is 0. The van der Waals surface area contributed by atoms with Crippen molar-refractivity contribution >= 4 is 12.0 Å². The molecule has 0 bridgehead atoms. The molecule has 0 amide bonds. The zero-order chi connectivity index (χ0) is 13.0. The fourth-order valence-electron chi connectivity index (χ4n) is 1.79. The maximum Gasteiger partial charge on any atom is 0.150 e. The Bertz CT molecular complexity index is 582. The first-order valence-electron chi connectivity index (χ1n) is 5.46. The first-order valence-corrected chi connectivity index (χ1v) is 5.46. The number of carbonyl (C=O) groups is 1. The molecular weight excluding hydrogens is 228 g/mol. The zero-order valence-electron chi connectivity index (χ0n) is 9.96. The minimum absolute atomic E-state index is 0.491. The van der Waals surface area contributed by atoms with E-state index in [1.54, 1.807) is 30.7 Å². The monoisotopic (exact) mass is 240 g/mol. The lowest BCUT2D eigenvalue weighted by atomic mass is 10.1. The third kappa shape index (κ3) is 2.41. The Labute approximate surface area is 105 Å². The number of nitrogens with zero attached hydrogens (tertiary/aromatic N) is 2. The van der Waals surface area contributed by atoms with Gasteiger partial charge in [-0.1, -0.05) is 0 Å². The van der Waals surface area contributed by atoms with Gasteiger partial charge in [-0.2, -0.15) is 5.26 Å². The second-order valence-corrected chi connectivity index (χ2v) is 3.99. The lowest BCUT2D eigenvalue weighted by Gasteiger charge is -2.19. The summed E-state index contributed by atoms with van der Waals surface area (Å²) in [5.41, 5.74) is 2.82. The highest BCUT2D eigenvalue weighted by atomic mass is 16.3. The molecule has 4 heteroatoms. The summed E-state index contributed by atoms with van der Waals surface area (Å²) in [5.74, 6) is 0. The van der Waals surface area contributed by atoms with Crippen LogP contribution in [-0.2, 0) is 6.54 Å². The van der Waals surface area contributed by atoms with Gasteiger partial charge in [0.15, 0.2) is 0 Å². The molecule has 1 heterocycles. The molecule has 0 aliphatic carbocycles. The first-order chi connectivity index (χ1) is 8.74. The van der Waals surface area contributed by atoms with E-state index in [2.05, 4.69) is 6.07 Å². The maximum absolute atomic E-state index is 10.7. The lowest BCUT2D eigenvalue weighted by Crippen LogP contribution is -2.17. The van der Waals surface area contributed by atoms with Gasteiger partial charge >= 0.3 is 0 Å². The quantitative estimate of drug-likeness (QED) is 0.771. The van der Waals surface area contributed by atoms with Crippen LogP contribution in [0.3, 0.4) is 0 Å². The van der Waals surface area contributed by atoms with Gasteiger partial charge in [-0.25, -0.2) is 0 Å². The minimum Gasteiger partial charge on any atom is -0.472 e. The molecule has 0 fully saturated rings. The van der Waals surface area contributed by atoms with E-state index in [1.807, 2.05) is 18.0 Å². The summed E-state index contributed by atoms with van der Waals surface area (Å²) in [7, 11) is 1.89. The number of furan rings is 1. The van der Waals surface area contributed by atoms with Crippen LogP contribution in [0.25, 0.3) is 0 Å². The van der Waals surface area contributed by atoms with Gasteiger partial charge in [0, 0.05) is 24.7 Å². The Balaban J connectivity index is 2.27. The fourth-order valence-corrected chi connectivity index (χ4v) is 1.79. The van der Waals surface area contributed by atoms with Gasteiger partial charge in [-0.3, -0.25) is 4.79 Å². The van der Waals surface area contributed by atoms with Gasteiger partial charge in [0.25, 0.3) is 0 Å². The number of nitriles is 1. The summed E-state index contributed by atoms with van der Waals surface area (Å²) in [6.45, 7) is 0.644. The Kier molecular flexibility index (Phi) is 3.44. The smallest absolute Gasteiger partial charge is 0.150 e. The number of hydrogen-bond acceptors (Lipinski definition) is 4. The van der Waals surface area contributed by atoms with Crippen LogP contribution in [-0.4, -0.2) is 13.3 Å². The number of anilines is 1. The number of benzene rings is 1. The molecule has 0 saturated carbocycles. The molecule has 1 aromatic carbocycles. The predicted molar refractivity (Wildman–Crippen MR) is 67.4 cm³/mol. The molecule has 90 valence electrons. The van der Waals surface area contributed by atoms with Crippen molar-refractivity contribution in [1.29, 1.82) is 5.26 Å². The van der Waals surface area contributed by atoms with Crippen LogP contribution < -0.4 is 4.90 Å². The molecule has 0 aliphatic heterocycles. The number of rotatable bonds is 4. The highest BCUT2D eigenvalue weighted by Crippen LogP contribution is 2.21. The standard InChI is InChI=1S/C14H12N2O2/c1-16(8-12-4-5-18-10-12)14-3-2-11(9-17)6-13(14)7-15/h2-6,9-10H,8H2,1H3. The third-order valence-corrected chi connectivity index (χ3v) is 2.69. The summed E-state index contributed by atoms with van der Waals surface area (Å²) in [5, 5.41) is 9.10. The van der Waals surface area contributed by atoms with Gasteiger partial charge in [0.2, 0.25) is 0 Å². The van der Waals surface area contributed by atoms with Gasteiger partial charge in [0.05, 0.1) is 23.8 Å². The van der Waals surface area contributed by atoms with Crippen LogP contribution in [0.15, 0.2) is 41.2 Å². The molecular formula is C14H12N2O2. The predicted octanol–water partition coefficient (Wildman–Crippen LogP) is 2.60. The van der Waals surface area contributed by atoms with E-state index < -0.39 is 0 Å². The minimum atomic E-state index is 0.491. The van der Waals surface area contributed by atoms with E-state index in [0.717, 1.165) is 17.5 Å². The van der Waals surface area contributed by atoms with Gasteiger partial charge in [-0.05, 0) is 24.3 Å². The lowest BCUT2D eigenvalue weighted by molar-refractivity contribution is 0.112. The van der Waals surface area contributed by atoms with Gasteiger partial charge < -0.3 is 9.32 Å². The molecule has 0 N–H and O–H groups in total. The molecule has 4 nitrogen and oxygen atoms in total. The second-order valence-electron chi connectivity index (χ2n) is 3.99. The molecule has 2 aromatic rings. The molecule has 0 unspecified atom stereocenters. The number of carbonyl (C=O) groups excluding carboxylic acids is 1. The van der Waals surface area contributed by atoms with E-state index >= 15 is 0 Å². The van der Waals surface area contributed by atoms with Crippen molar-refractivity contribution in [2.45, 2.75) is 6.54 Å². The maximum atomic E-state index is 10.7. The largest absolute Gasteiger partial charge is 0.472 e. The van der Waals surface area contributed by atoms with Crippen LogP contribution >= 0.6 is 0 Å². The summed E-state index contributed by atoms with van der Waals surface area (Å²) in [6.07, 6.45) is 4.02. The van der Waals surface area contributed by atoms with Crippen molar-refractivity contribution in [2.24, 2.45) is 0 Å². The van der Waals surface area contributed by atoms with Crippen molar-refractivity contribution < 1.29 is 9.21 Å². The highest BCUT2D eigenvalue weighted by molar-refractivity contribution is 5.78. The van der Waals surface area contributed by atoms with Crippen molar-refractivity contribution in [1.82, 2.24) is 0 Å². The highest BCUT2D eigenvalue weighted by Gasteiger charge is 2.09. The Morgan fingerprint density at radius 3 is 2.89 bits per heavy atom. The van der Waals surface area contributed by atoms with Crippen LogP contribution in [0, 0.1) is 11.3 Å². The topological polar surface area (TPSA) is 57.2 Å². The van der Waals surface area contributed by atoms with Crippen molar-refractivity contribution in [3.8, 4) is 6.07 Å². The summed E-state index contributed by atoms with van der Waals surface area (Å²) < 4.78 is 5.01. The number of hydrogen-bond donors (Lipinski definition) is 0. The van der Waals surface area contributed by atoms with E-state index in [9.17, 15) is 4.79 Å². The Morgan fingerprint density at radius 2 is 2.28 bits per heavy atom. The third-order valence-electron chi connectivity index (χ3n) is 2.69. The van der Waals surface area contributed by atoms with Crippen LogP contribution in [0.5, 0.6) is 0 Å². The van der Waals surface area contributed by atoms with E-state index in [-0.39, 0.29) is 0 Å². The van der Waals surface area contributed by atoms with Crippen LogP contribution in [0.2, 0.25) is 0 Å². The first kappa shape index (κ1) is 11.9. The molecule has 1 aromatic heterocycles. The van der Waals surface area contributed by atoms with Gasteiger partial charge in [0.1, 0.15) is 12.4 Å². The van der Waals surface area contributed by atoms with Crippen LogP contribution in [0.4, 0.5) is 5.69 Å². The van der Waals surface area contributed by atoms with E-state index in [4.69, 9.17) is 9.68 Å². The Morgan fingerprint density at radius 1 is 1.44 bits per heavy atom. The van der Waals surface area contributed by atoms with Crippen LogP contribution in [0.1, 0.15) is 21.5 Å². The van der Waals surface area contributed by atoms with Crippen molar-refractivity contribution in [3.05, 3.63) is 53.5 Å². The molecule has 0 aliphatic rings. The average Bonchev–Trinajstić information content (AvgIpc) is 2.90. The molecule has 0 atom stereocenters. The second kappa shape index (κ2) is 5.19. The van der Waals surface area contributed by atoms with Crippen molar-refractivity contribution in [2.75, 3.05) is 11.9 Å². The summed E-state index contributed by atoms with van der Waals surface area (Å²) in [6, 6.07) is 9.06. The molecule has 18 heavy (non-hydrogen) atoms. The fraction of sp³-hybridized carbons (Fsp3) is 0.143. The molecule has 0 spiro atoms. The normalized spacial score (nSPS) is 9.78. The zero-order valence-corrected chi connectivity index (χ0v) is 9.96. The average molecular weight is 240 g/mol. The molecule has 0 radical (unpaired) electrons. The SMILES string of the molecule is CN(Cc1ccoc1)c1ccc(C=O)cc1C#N. The van der Waals surface area contributed by atoms with Gasteiger partial charge in [-0.15, -0.1) is 0 Å². The summed E-state index contributed by atoms with van der Waals surface area (Å²) in [4.78, 5) is 12.6. The molecule has 0 saturated heterocycles. The molecule has 2 rings (SSSR count). The Hall–Kier alpha value is -2.54. The number of aldehydes is 1. The van der Waals surface area contributed by atoms with Crippen molar-refractivity contribution in [3.63, 3.8) is 0 Å². The van der Waals surface area contributed by atoms with E-state index in [1.165, 1.54) is 0 Å².